The molecule has 1 aliphatic rings. The lowest BCUT2D eigenvalue weighted by molar-refractivity contribution is -0.287. The highest BCUT2D eigenvalue weighted by molar-refractivity contribution is 9.10. The second kappa shape index (κ2) is 7.68. The molecule has 0 unspecified atom stereocenters. The van der Waals surface area contributed by atoms with Crippen molar-refractivity contribution in [1.82, 2.24) is 10.6 Å². The monoisotopic (exact) mass is 472 g/mol. The Morgan fingerprint density at radius 1 is 1.14 bits per heavy atom. The number of nitrogens with one attached hydrogen (secondary N) is 2. The van der Waals surface area contributed by atoms with E-state index in [1.54, 1.807) is 0 Å². The van der Waals surface area contributed by atoms with Crippen molar-refractivity contribution >= 4 is 27.7 Å². The summed E-state index contributed by atoms with van der Waals surface area (Å²) in [5.41, 5.74) is -3.60. The highest BCUT2D eigenvalue weighted by atomic mass is 79.9. The molecule has 3 atom stereocenters. The second-order valence-electron chi connectivity index (χ2n) is 6.46. The van der Waals surface area contributed by atoms with Crippen molar-refractivity contribution in [3.05, 3.63) is 64.1 Å². The van der Waals surface area contributed by atoms with Crippen molar-refractivity contribution in [2.24, 2.45) is 5.92 Å². The normalized spacial score (nSPS) is 24.4. The number of hydrogen-bond acceptors (Lipinski definition) is 4. The minimum atomic E-state index is -5.30. The number of hydrogen-bond donors (Lipinski definition) is 3. The summed E-state index contributed by atoms with van der Waals surface area (Å²) < 4.78 is 47.1. The van der Waals surface area contributed by atoms with Crippen molar-refractivity contribution in [2.45, 2.75) is 17.9 Å². The van der Waals surface area contributed by atoms with E-state index < -0.39 is 35.7 Å². The Kier molecular flexibility index (Phi) is 5.59. The molecule has 0 bridgehead atoms. The molecule has 0 aliphatic carbocycles. The number of carbonyl (C=O) groups is 2. The summed E-state index contributed by atoms with van der Waals surface area (Å²) >= 11 is 3.19. The first-order valence-electron chi connectivity index (χ1n) is 8.38. The molecule has 1 heterocycles. The first kappa shape index (κ1) is 21.1. The van der Waals surface area contributed by atoms with Gasteiger partial charge in [-0.1, -0.05) is 40.2 Å². The first-order valence-corrected chi connectivity index (χ1v) is 9.17. The Bertz CT molecular complexity index is 919. The molecule has 6 nitrogen and oxygen atoms in total. The van der Waals surface area contributed by atoms with Gasteiger partial charge in [0.05, 0.1) is 13.2 Å². The average molecular weight is 473 g/mol. The van der Waals surface area contributed by atoms with E-state index >= 15 is 0 Å². The molecule has 2 aromatic rings. The Morgan fingerprint density at radius 2 is 1.72 bits per heavy atom. The van der Waals surface area contributed by atoms with Crippen LogP contribution in [0.25, 0.3) is 0 Å². The third kappa shape index (κ3) is 3.95. The van der Waals surface area contributed by atoms with Crippen molar-refractivity contribution in [3.8, 4) is 5.75 Å². The van der Waals surface area contributed by atoms with E-state index in [4.69, 9.17) is 4.74 Å². The van der Waals surface area contributed by atoms with Gasteiger partial charge in [0.1, 0.15) is 11.7 Å². The fourth-order valence-electron chi connectivity index (χ4n) is 3.22. The number of ether oxygens (including phenoxy) is 1. The third-order valence-electron chi connectivity index (χ3n) is 4.69. The average Bonchev–Trinajstić information content (AvgIpc) is 2.67. The van der Waals surface area contributed by atoms with Gasteiger partial charge in [0.15, 0.2) is 5.78 Å². The van der Waals surface area contributed by atoms with Crippen LogP contribution < -0.4 is 15.4 Å². The van der Waals surface area contributed by atoms with Crippen LogP contribution in [0.5, 0.6) is 5.75 Å². The van der Waals surface area contributed by atoms with Crippen LogP contribution in [-0.2, 0) is 0 Å². The summed E-state index contributed by atoms with van der Waals surface area (Å²) in [6.07, 6.45) is -5.30. The quantitative estimate of drug-likeness (QED) is 0.593. The zero-order chi connectivity index (χ0) is 21.4. The number of alkyl halides is 3. The molecule has 0 radical (unpaired) electrons. The summed E-state index contributed by atoms with van der Waals surface area (Å²) in [5.74, 6) is -2.61. The van der Waals surface area contributed by atoms with E-state index in [1.165, 1.54) is 61.0 Å². The molecule has 29 heavy (non-hydrogen) atoms. The summed E-state index contributed by atoms with van der Waals surface area (Å²) in [7, 11) is 1.42. The zero-order valence-corrected chi connectivity index (χ0v) is 16.5. The predicted molar refractivity (Wildman–Crippen MR) is 100 cm³/mol. The van der Waals surface area contributed by atoms with Crippen LogP contribution in [0.15, 0.2) is 53.0 Å². The smallest absolute Gasteiger partial charge is 0.437 e. The largest absolute Gasteiger partial charge is 0.497 e. The number of urea groups is 1. The van der Waals surface area contributed by atoms with Crippen LogP contribution in [0.2, 0.25) is 0 Å². The lowest BCUT2D eigenvalue weighted by Gasteiger charge is -2.45. The van der Waals surface area contributed by atoms with Crippen LogP contribution in [-0.4, -0.2) is 35.9 Å². The van der Waals surface area contributed by atoms with Crippen LogP contribution in [0.4, 0.5) is 18.0 Å². The van der Waals surface area contributed by atoms with Crippen molar-refractivity contribution in [1.29, 1.82) is 0 Å². The first-order chi connectivity index (χ1) is 13.6. The molecule has 1 saturated heterocycles. The van der Waals surface area contributed by atoms with Crippen molar-refractivity contribution < 1.29 is 32.6 Å². The number of carbonyl (C=O) groups excluding carboxylic acids is 2. The van der Waals surface area contributed by atoms with Crippen LogP contribution in [0.1, 0.15) is 22.0 Å². The molecule has 0 spiro atoms. The maximum absolute atomic E-state index is 13.8. The van der Waals surface area contributed by atoms with Gasteiger partial charge >= 0.3 is 12.2 Å². The third-order valence-corrected chi connectivity index (χ3v) is 5.22. The lowest BCUT2D eigenvalue weighted by atomic mass is 9.77. The summed E-state index contributed by atoms with van der Waals surface area (Å²) in [6, 6.07) is 8.81. The number of methoxy groups -OCH3 is 1. The second-order valence-corrected chi connectivity index (χ2v) is 7.38. The standard InChI is InChI=1S/C19H16BrF3N2O4/c1-29-13-8-4-10(5-9-13)15-14(16(26)11-2-6-12(20)7-3-11)18(28,19(21,22)23)25-17(27)24-15/h2-9,14-15,28H,1H3,(H2,24,25,27)/t14-,15+,18-/m1/s1. The molecular formula is C19H16BrF3N2O4. The minimum Gasteiger partial charge on any atom is -0.497 e. The van der Waals surface area contributed by atoms with E-state index in [0.717, 1.165) is 0 Å². The number of halogens is 4. The highest BCUT2D eigenvalue weighted by Crippen LogP contribution is 2.44. The number of rotatable bonds is 4. The van der Waals surface area contributed by atoms with Gasteiger partial charge in [-0.05, 0) is 29.8 Å². The van der Waals surface area contributed by atoms with Gasteiger partial charge in [-0.15, -0.1) is 0 Å². The SMILES string of the molecule is COc1ccc([C@@H]2NC(=O)N[C@](O)(C(F)(F)F)[C@H]2C(=O)c2ccc(Br)cc2)cc1. The van der Waals surface area contributed by atoms with E-state index in [9.17, 15) is 27.9 Å². The molecule has 3 N–H and O–H groups in total. The molecule has 10 heteroatoms. The molecule has 2 aromatic carbocycles. The molecule has 1 aliphatic heterocycles. The summed E-state index contributed by atoms with van der Waals surface area (Å²) in [4.78, 5) is 25.1. The zero-order valence-electron chi connectivity index (χ0n) is 15.0. The van der Waals surface area contributed by atoms with Gasteiger partial charge in [-0.3, -0.25) is 4.79 Å². The highest BCUT2D eigenvalue weighted by Gasteiger charge is 2.66. The van der Waals surface area contributed by atoms with Gasteiger partial charge in [0.2, 0.25) is 5.72 Å². The van der Waals surface area contributed by atoms with E-state index in [1.807, 2.05) is 0 Å². The Hall–Kier alpha value is -2.59. The maximum Gasteiger partial charge on any atom is 0.437 e. The number of benzene rings is 2. The Labute approximate surface area is 172 Å². The predicted octanol–water partition coefficient (Wildman–Crippen LogP) is 3.56. The van der Waals surface area contributed by atoms with Gasteiger partial charge in [0, 0.05) is 10.0 Å². The molecule has 1 fully saturated rings. The topological polar surface area (TPSA) is 87.7 Å². The van der Waals surface area contributed by atoms with Gasteiger partial charge < -0.3 is 20.5 Å². The van der Waals surface area contributed by atoms with E-state index in [2.05, 4.69) is 21.2 Å². The molecule has 2 amide bonds. The van der Waals surface area contributed by atoms with Gasteiger partial charge in [0.25, 0.3) is 0 Å². The number of Topliss-reactive ketones (excluding diaryl/α,β-unsaturated/α-hetero) is 1. The number of ketones is 1. The maximum atomic E-state index is 13.8. The molecular weight excluding hydrogens is 457 g/mol. The van der Waals surface area contributed by atoms with Crippen LogP contribution in [0, 0.1) is 5.92 Å². The number of amides is 2. The summed E-state index contributed by atoms with van der Waals surface area (Å²) in [6.45, 7) is 0. The van der Waals surface area contributed by atoms with Gasteiger partial charge in [-0.25, -0.2) is 4.79 Å². The van der Waals surface area contributed by atoms with E-state index in [0.29, 0.717) is 10.2 Å². The lowest BCUT2D eigenvalue weighted by Crippen LogP contribution is -2.72. The summed E-state index contributed by atoms with van der Waals surface area (Å²) in [5, 5.41) is 14.3. The van der Waals surface area contributed by atoms with E-state index in [-0.39, 0.29) is 11.1 Å². The Morgan fingerprint density at radius 3 is 2.24 bits per heavy atom. The molecule has 0 saturated carbocycles. The van der Waals surface area contributed by atoms with Crippen molar-refractivity contribution in [2.75, 3.05) is 7.11 Å². The molecule has 3 rings (SSSR count). The van der Waals surface area contributed by atoms with Crippen LogP contribution in [0.3, 0.4) is 0 Å². The fraction of sp³-hybridized carbons (Fsp3) is 0.263. The fourth-order valence-corrected chi connectivity index (χ4v) is 3.49. The molecule has 154 valence electrons. The van der Waals surface area contributed by atoms with Gasteiger partial charge in [-0.2, -0.15) is 13.2 Å². The number of aliphatic hydroxyl groups is 1. The Balaban J connectivity index is 2.13. The van der Waals surface area contributed by atoms with Crippen LogP contribution >= 0.6 is 15.9 Å². The molecule has 0 aromatic heterocycles. The minimum absolute atomic E-state index is 0.0441. The van der Waals surface area contributed by atoms with Crippen molar-refractivity contribution in [3.63, 3.8) is 0 Å².